The summed E-state index contributed by atoms with van der Waals surface area (Å²) < 4.78 is 0. The summed E-state index contributed by atoms with van der Waals surface area (Å²) in [6.07, 6.45) is 1.51. The Morgan fingerprint density at radius 1 is 1.11 bits per heavy atom. The highest BCUT2D eigenvalue weighted by Crippen LogP contribution is 2.25. The van der Waals surface area contributed by atoms with Gasteiger partial charge in [0.15, 0.2) is 0 Å². The number of carbonyl (C=O) groups excluding carboxylic acids is 2. The normalized spacial score (nSPS) is 16.2. The van der Waals surface area contributed by atoms with E-state index >= 15 is 0 Å². The predicted octanol–water partition coefficient (Wildman–Crippen LogP) is 4.36. The lowest BCUT2D eigenvalue weighted by Gasteiger charge is -2.24. The van der Waals surface area contributed by atoms with Gasteiger partial charge in [0.2, 0.25) is 5.91 Å². The molecule has 142 valence electrons. The number of nitrogens with zero attached hydrogens (tertiary/aromatic N) is 2. The number of amides is 2. The Kier molecular flexibility index (Phi) is 5.21. The average Bonchev–Trinajstić information content (AvgIpc) is 3.38. The molecule has 1 aliphatic rings. The van der Waals surface area contributed by atoms with Crippen molar-refractivity contribution in [1.29, 1.82) is 0 Å². The number of aromatic nitrogens is 1. The van der Waals surface area contributed by atoms with Crippen LogP contribution >= 0.6 is 11.3 Å². The molecule has 2 heterocycles. The number of nitrogens with one attached hydrogen (secondary N) is 1. The summed E-state index contributed by atoms with van der Waals surface area (Å²) >= 11 is 1.61. The van der Waals surface area contributed by atoms with Crippen LogP contribution in [0.4, 0.5) is 5.69 Å². The van der Waals surface area contributed by atoms with Crippen molar-refractivity contribution in [2.75, 3.05) is 11.9 Å². The summed E-state index contributed by atoms with van der Waals surface area (Å²) in [6.45, 7) is 2.58. The van der Waals surface area contributed by atoms with Gasteiger partial charge in [-0.05, 0) is 44.0 Å². The number of likely N-dealkylation sites (tertiary alicyclic amines) is 1. The number of benzene rings is 2. The van der Waals surface area contributed by atoms with E-state index in [1.807, 2.05) is 54.8 Å². The molecule has 0 aliphatic carbocycles. The van der Waals surface area contributed by atoms with Gasteiger partial charge < -0.3 is 10.2 Å². The summed E-state index contributed by atoms with van der Waals surface area (Å²) in [4.78, 5) is 31.7. The SMILES string of the molecule is Cc1nc(-c2ccc(NC(=O)C3CCCN3C(=O)c3ccccc3)cc2)cs1. The highest BCUT2D eigenvalue weighted by Gasteiger charge is 2.34. The summed E-state index contributed by atoms with van der Waals surface area (Å²) in [5, 5.41) is 6.00. The fourth-order valence-electron chi connectivity index (χ4n) is 3.47. The van der Waals surface area contributed by atoms with E-state index in [1.54, 1.807) is 28.4 Å². The van der Waals surface area contributed by atoms with Gasteiger partial charge >= 0.3 is 0 Å². The molecule has 2 aromatic carbocycles. The fourth-order valence-corrected chi connectivity index (χ4v) is 4.10. The summed E-state index contributed by atoms with van der Waals surface area (Å²) in [7, 11) is 0. The zero-order valence-corrected chi connectivity index (χ0v) is 16.4. The molecular formula is C22H21N3O2S. The second-order valence-electron chi connectivity index (χ2n) is 6.84. The fraction of sp³-hybridized carbons (Fsp3) is 0.227. The Hall–Kier alpha value is -2.99. The van der Waals surface area contributed by atoms with Crippen molar-refractivity contribution in [3.8, 4) is 11.3 Å². The molecule has 4 rings (SSSR count). The van der Waals surface area contributed by atoms with E-state index < -0.39 is 6.04 Å². The van der Waals surface area contributed by atoms with Gasteiger partial charge in [0, 0.05) is 28.7 Å². The van der Waals surface area contributed by atoms with Crippen molar-refractivity contribution in [1.82, 2.24) is 9.88 Å². The first-order chi connectivity index (χ1) is 13.6. The van der Waals surface area contributed by atoms with Crippen LogP contribution in [0.3, 0.4) is 0 Å². The van der Waals surface area contributed by atoms with Gasteiger partial charge in [0.25, 0.3) is 5.91 Å². The van der Waals surface area contributed by atoms with E-state index in [0.717, 1.165) is 28.4 Å². The van der Waals surface area contributed by atoms with Crippen molar-refractivity contribution < 1.29 is 9.59 Å². The number of rotatable bonds is 4. The first kappa shape index (κ1) is 18.4. The lowest BCUT2D eigenvalue weighted by molar-refractivity contribution is -0.119. The van der Waals surface area contributed by atoms with E-state index in [4.69, 9.17) is 0 Å². The highest BCUT2D eigenvalue weighted by molar-refractivity contribution is 7.09. The summed E-state index contributed by atoms with van der Waals surface area (Å²) in [5.41, 5.74) is 3.30. The number of hydrogen-bond acceptors (Lipinski definition) is 4. The molecule has 0 spiro atoms. The number of aryl methyl sites for hydroxylation is 1. The molecule has 5 nitrogen and oxygen atoms in total. The van der Waals surface area contributed by atoms with Crippen LogP contribution in [0.15, 0.2) is 60.0 Å². The molecule has 1 atom stereocenters. The Labute approximate surface area is 168 Å². The molecule has 1 N–H and O–H groups in total. The van der Waals surface area contributed by atoms with E-state index in [2.05, 4.69) is 10.3 Å². The quantitative estimate of drug-likeness (QED) is 0.719. The third kappa shape index (κ3) is 3.82. The van der Waals surface area contributed by atoms with Crippen LogP contribution in [0.2, 0.25) is 0 Å². The Morgan fingerprint density at radius 3 is 2.54 bits per heavy atom. The van der Waals surface area contributed by atoms with E-state index in [1.165, 1.54) is 0 Å². The van der Waals surface area contributed by atoms with E-state index in [0.29, 0.717) is 18.5 Å². The van der Waals surface area contributed by atoms with Crippen LogP contribution < -0.4 is 5.32 Å². The zero-order valence-electron chi connectivity index (χ0n) is 15.6. The largest absolute Gasteiger partial charge is 0.327 e. The van der Waals surface area contributed by atoms with Crippen molar-refractivity contribution >= 4 is 28.8 Å². The molecule has 0 bridgehead atoms. The van der Waals surface area contributed by atoms with Crippen LogP contribution in [0.25, 0.3) is 11.3 Å². The maximum absolute atomic E-state index is 12.8. The maximum Gasteiger partial charge on any atom is 0.254 e. The lowest BCUT2D eigenvalue weighted by atomic mass is 10.1. The van der Waals surface area contributed by atoms with Crippen LogP contribution in [-0.2, 0) is 4.79 Å². The zero-order chi connectivity index (χ0) is 19.5. The first-order valence-corrected chi connectivity index (χ1v) is 10.2. The molecule has 1 fully saturated rings. The second kappa shape index (κ2) is 7.94. The van der Waals surface area contributed by atoms with Crippen LogP contribution in [0.5, 0.6) is 0 Å². The number of carbonyl (C=O) groups is 2. The molecule has 3 aromatic rings. The van der Waals surface area contributed by atoms with Gasteiger partial charge in [-0.1, -0.05) is 30.3 Å². The van der Waals surface area contributed by atoms with Gasteiger partial charge in [0.05, 0.1) is 10.7 Å². The first-order valence-electron chi connectivity index (χ1n) is 9.31. The third-order valence-electron chi connectivity index (χ3n) is 4.90. The highest BCUT2D eigenvalue weighted by atomic mass is 32.1. The number of anilines is 1. The molecule has 1 aromatic heterocycles. The topological polar surface area (TPSA) is 62.3 Å². The van der Waals surface area contributed by atoms with Gasteiger partial charge in [-0.3, -0.25) is 9.59 Å². The molecule has 28 heavy (non-hydrogen) atoms. The summed E-state index contributed by atoms with van der Waals surface area (Å²) in [6, 6.07) is 16.3. The molecule has 0 saturated carbocycles. The van der Waals surface area contributed by atoms with E-state index in [-0.39, 0.29) is 11.8 Å². The maximum atomic E-state index is 12.8. The van der Waals surface area contributed by atoms with Gasteiger partial charge in [-0.2, -0.15) is 0 Å². The molecule has 1 saturated heterocycles. The smallest absolute Gasteiger partial charge is 0.254 e. The molecule has 1 aliphatic heterocycles. The molecular weight excluding hydrogens is 370 g/mol. The number of hydrogen-bond donors (Lipinski definition) is 1. The average molecular weight is 391 g/mol. The molecule has 1 unspecified atom stereocenters. The molecule has 2 amide bonds. The third-order valence-corrected chi connectivity index (χ3v) is 5.68. The Bertz CT molecular complexity index is 983. The monoisotopic (exact) mass is 391 g/mol. The second-order valence-corrected chi connectivity index (χ2v) is 7.90. The lowest BCUT2D eigenvalue weighted by Crippen LogP contribution is -2.43. The minimum absolute atomic E-state index is 0.0903. The van der Waals surface area contributed by atoms with Gasteiger partial charge in [-0.25, -0.2) is 4.98 Å². The van der Waals surface area contributed by atoms with E-state index in [9.17, 15) is 9.59 Å². The number of thiazole rings is 1. The molecule has 0 radical (unpaired) electrons. The van der Waals surface area contributed by atoms with Crippen LogP contribution in [-0.4, -0.2) is 34.3 Å². The van der Waals surface area contributed by atoms with Crippen molar-refractivity contribution in [2.24, 2.45) is 0 Å². The van der Waals surface area contributed by atoms with Gasteiger partial charge in [-0.15, -0.1) is 11.3 Å². The standard InChI is InChI=1S/C22H21N3O2S/c1-15-23-19(14-28-15)16-9-11-18(12-10-16)24-21(26)20-8-5-13-25(20)22(27)17-6-3-2-4-7-17/h2-4,6-7,9-12,14,20H,5,8,13H2,1H3,(H,24,26). The molecule has 6 heteroatoms. The minimum atomic E-state index is -0.437. The van der Waals surface area contributed by atoms with Crippen LogP contribution in [0, 0.1) is 6.92 Å². The van der Waals surface area contributed by atoms with Crippen molar-refractivity contribution in [3.05, 3.63) is 70.5 Å². The van der Waals surface area contributed by atoms with Gasteiger partial charge in [0.1, 0.15) is 6.04 Å². The van der Waals surface area contributed by atoms with Crippen molar-refractivity contribution in [3.63, 3.8) is 0 Å². The Balaban J connectivity index is 1.44. The van der Waals surface area contributed by atoms with Crippen LogP contribution in [0.1, 0.15) is 28.2 Å². The predicted molar refractivity (Wildman–Crippen MR) is 111 cm³/mol. The van der Waals surface area contributed by atoms with Crippen molar-refractivity contribution in [2.45, 2.75) is 25.8 Å². The Morgan fingerprint density at radius 2 is 1.86 bits per heavy atom. The summed E-state index contributed by atoms with van der Waals surface area (Å²) in [5.74, 6) is -0.230. The minimum Gasteiger partial charge on any atom is -0.327 e.